The molecule has 1 amide bonds. The Morgan fingerprint density at radius 3 is 2.63 bits per heavy atom. The topological polar surface area (TPSA) is 64.6 Å². The van der Waals surface area contributed by atoms with Gasteiger partial charge in [0.05, 0.1) is 19.1 Å². The van der Waals surface area contributed by atoms with E-state index in [2.05, 4.69) is 5.32 Å². The van der Waals surface area contributed by atoms with Crippen LogP contribution in [0.25, 0.3) is 10.1 Å². The van der Waals surface area contributed by atoms with Crippen LogP contribution in [0.15, 0.2) is 36.4 Å². The summed E-state index contributed by atoms with van der Waals surface area (Å²) in [5.74, 6) is -0.685. The maximum absolute atomic E-state index is 13.4. The van der Waals surface area contributed by atoms with Gasteiger partial charge in [-0.05, 0) is 53.8 Å². The Morgan fingerprint density at radius 1 is 1.15 bits per heavy atom. The van der Waals surface area contributed by atoms with Gasteiger partial charge in [0.1, 0.15) is 17.1 Å². The molecule has 5 nitrogen and oxygen atoms in total. The van der Waals surface area contributed by atoms with Crippen LogP contribution >= 0.6 is 11.3 Å². The van der Waals surface area contributed by atoms with Crippen molar-refractivity contribution in [2.75, 3.05) is 14.2 Å². The van der Waals surface area contributed by atoms with Crippen LogP contribution in [0, 0.1) is 12.7 Å². The fourth-order valence-corrected chi connectivity index (χ4v) is 3.91. The molecule has 1 N–H and O–H groups in total. The number of methoxy groups -OCH3 is 2. The smallest absolute Gasteiger partial charge is 0.341 e. The van der Waals surface area contributed by atoms with Gasteiger partial charge in [0.2, 0.25) is 0 Å². The number of halogens is 1. The van der Waals surface area contributed by atoms with Crippen LogP contribution in [-0.2, 0) is 11.3 Å². The standard InChI is InChI=1S/C20H18FNO4S/c1-11-14-9-13(21)5-7-17(14)27-18(11)19(23)22-10-12-4-6-16(25-2)15(8-12)20(24)26-3/h4-9H,10H2,1-3H3,(H,22,23). The third kappa shape index (κ3) is 3.78. The highest BCUT2D eigenvalue weighted by molar-refractivity contribution is 7.21. The van der Waals surface area contributed by atoms with Gasteiger partial charge >= 0.3 is 5.97 Å². The van der Waals surface area contributed by atoms with Gasteiger partial charge in [0.25, 0.3) is 5.91 Å². The molecule has 0 radical (unpaired) electrons. The lowest BCUT2D eigenvalue weighted by Crippen LogP contribution is -2.22. The number of nitrogens with one attached hydrogen (secondary N) is 1. The summed E-state index contributed by atoms with van der Waals surface area (Å²) >= 11 is 1.32. The van der Waals surface area contributed by atoms with Crippen molar-refractivity contribution in [1.29, 1.82) is 0 Å². The Balaban J connectivity index is 1.80. The number of rotatable bonds is 5. The summed E-state index contributed by atoms with van der Waals surface area (Å²) in [6, 6.07) is 9.53. The Bertz CT molecular complexity index is 1030. The van der Waals surface area contributed by atoms with E-state index in [0.717, 1.165) is 21.2 Å². The molecule has 140 valence electrons. The van der Waals surface area contributed by atoms with Crippen molar-refractivity contribution in [2.24, 2.45) is 0 Å². The zero-order valence-electron chi connectivity index (χ0n) is 15.1. The lowest BCUT2D eigenvalue weighted by atomic mass is 10.1. The molecule has 0 fully saturated rings. The molecule has 27 heavy (non-hydrogen) atoms. The van der Waals surface area contributed by atoms with Crippen molar-refractivity contribution in [2.45, 2.75) is 13.5 Å². The van der Waals surface area contributed by atoms with Crippen LogP contribution < -0.4 is 10.1 Å². The monoisotopic (exact) mass is 387 g/mol. The molecule has 3 aromatic rings. The van der Waals surface area contributed by atoms with Gasteiger partial charge in [0.15, 0.2) is 0 Å². The van der Waals surface area contributed by atoms with E-state index in [-0.39, 0.29) is 18.3 Å². The number of amides is 1. The first kappa shape index (κ1) is 18.8. The molecule has 0 saturated carbocycles. The lowest BCUT2D eigenvalue weighted by Gasteiger charge is -2.10. The fourth-order valence-electron chi connectivity index (χ4n) is 2.81. The van der Waals surface area contributed by atoms with Crippen molar-refractivity contribution < 1.29 is 23.5 Å². The summed E-state index contributed by atoms with van der Waals surface area (Å²) in [5.41, 5.74) is 1.77. The van der Waals surface area contributed by atoms with Gasteiger partial charge < -0.3 is 14.8 Å². The number of aryl methyl sites for hydroxylation is 1. The van der Waals surface area contributed by atoms with Crippen LogP contribution in [0.4, 0.5) is 4.39 Å². The van der Waals surface area contributed by atoms with Crippen LogP contribution in [-0.4, -0.2) is 26.1 Å². The van der Waals surface area contributed by atoms with Crippen molar-refractivity contribution in [3.63, 3.8) is 0 Å². The number of hydrogen-bond acceptors (Lipinski definition) is 5. The molecule has 0 aliphatic carbocycles. The molecule has 0 saturated heterocycles. The van der Waals surface area contributed by atoms with Crippen molar-refractivity contribution in [3.05, 3.63) is 63.8 Å². The predicted octanol–water partition coefficient (Wildman–Crippen LogP) is 4.07. The zero-order chi connectivity index (χ0) is 19.6. The third-order valence-electron chi connectivity index (χ3n) is 4.23. The van der Waals surface area contributed by atoms with E-state index in [1.165, 1.54) is 37.7 Å². The fraction of sp³-hybridized carbons (Fsp3) is 0.200. The first-order chi connectivity index (χ1) is 12.9. The molecule has 0 spiro atoms. The largest absolute Gasteiger partial charge is 0.496 e. The molecular formula is C20H18FNO4S. The normalized spacial score (nSPS) is 10.7. The van der Waals surface area contributed by atoms with Crippen molar-refractivity contribution in [1.82, 2.24) is 5.32 Å². The average molecular weight is 387 g/mol. The average Bonchev–Trinajstić information content (AvgIpc) is 3.01. The zero-order valence-corrected chi connectivity index (χ0v) is 15.9. The van der Waals surface area contributed by atoms with Gasteiger partial charge in [-0.2, -0.15) is 0 Å². The molecule has 7 heteroatoms. The first-order valence-corrected chi connectivity index (χ1v) is 8.98. The Kier molecular flexibility index (Phi) is 5.41. The second kappa shape index (κ2) is 7.75. The summed E-state index contributed by atoms with van der Waals surface area (Å²) in [6.07, 6.45) is 0. The second-order valence-electron chi connectivity index (χ2n) is 5.91. The highest BCUT2D eigenvalue weighted by atomic mass is 32.1. The number of hydrogen-bond donors (Lipinski definition) is 1. The molecular weight excluding hydrogens is 369 g/mol. The highest BCUT2D eigenvalue weighted by Gasteiger charge is 2.17. The summed E-state index contributed by atoms with van der Waals surface area (Å²) < 4.78 is 24.2. The Hall–Kier alpha value is -2.93. The lowest BCUT2D eigenvalue weighted by molar-refractivity contribution is 0.0597. The molecule has 0 aliphatic heterocycles. The van der Waals surface area contributed by atoms with E-state index in [1.54, 1.807) is 31.2 Å². The van der Waals surface area contributed by atoms with E-state index in [1.807, 2.05) is 0 Å². The van der Waals surface area contributed by atoms with E-state index >= 15 is 0 Å². The number of benzene rings is 2. The molecule has 0 unspecified atom stereocenters. The van der Waals surface area contributed by atoms with Crippen LogP contribution in [0.5, 0.6) is 5.75 Å². The second-order valence-corrected chi connectivity index (χ2v) is 6.96. The predicted molar refractivity (Wildman–Crippen MR) is 102 cm³/mol. The van der Waals surface area contributed by atoms with Gasteiger partial charge in [-0.25, -0.2) is 9.18 Å². The number of thiophene rings is 1. The van der Waals surface area contributed by atoms with Crippen LogP contribution in [0.1, 0.15) is 31.2 Å². The Morgan fingerprint density at radius 2 is 1.93 bits per heavy atom. The number of ether oxygens (including phenoxy) is 2. The molecule has 0 atom stereocenters. The van der Waals surface area contributed by atoms with E-state index in [4.69, 9.17) is 9.47 Å². The minimum atomic E-state index is -0.512. The van der Waals surface area contributed by atoms with E-state index in [9.17, 15) is 14.0 Å². The summed E-state index contributed by atoms with van der Waals surface area (Å²) in [6.45, 7) is 2.03. The van der Waals surface area contributed by atoms with Gasteiger partial charge in [-0.1, -0.05) is 6.07 Å². The Labute approximate surface area is 159 Å². The third-order valence-corrected chi connectivity index (χ3v) is 5.50. The SMILES string of the molecule is COC(=O)c1cc(CNC(=O)c2sc3ccc(F)cc3c2C)ccc1OC. The van der Waals surface area contributed by atoms with E-state index < -0.39 is 5.97 Å². The quantitative estimate of drug-likeness (QED) is 0.670. The minimum absolute atomic E-state index is 0.231. The number of carbonyl (C=O) groups is 2. The maximum Gasteiger partial charge on any atom is 0.341 e. The molecule has 0 bridgehead atoms. The summed E-state index contributed by atoms with van der Waals surface area (Å²) in [4.78, 5) is 25.0. The summed E-state index contributed by atoms with van der Waals surface area (Å²) in [7, 11) is 2.76. The molecule has 1 heterocycles. The van der Waals surface area contributed by atoms with Gasteiger partial charge in [-0.3, -0.25) is 4.79 Å². The number of carbonyl (C=O) groups excluding carboxylic acids is 2. The van der Waals surface area contributed by atoms with Crippen molar-refractivity contribution in [3.8, 4) is 5.75 Å². The van der Waals surface area contributed by atoms with Gasteiger partial charge in [-0.15, -0.1) is 11.3 Å². The molecule has 3 rings (SSSR count). The van der Waals surface area contributed by atoms with Gasteiger partial charge in [0, 0.05) is 11.2 Å². The van der Waals surface area contributed by atoms with Crippen LogP contribution in [0.2, 0.25) is 0 Å². The minimum Gasteiger partial charge on any atom is -0.496 e. The molecule has 1 aromatic heterocycles. The summed E-state index contributed by atoms with van der Waals surface area (Å²) in [5, 5.41) is 3.58. The maximum atomic E-state index is 13.4. The highest BCUT2D eigenvalue weighted by Crippen LogP contribution is 2.31. The molecule has 0 aliphatic rings. The van der Waals surface area contributed by atoms with Crippen molar-refractivity contribution >= 4 is 33.3 Å². The van der Waals surface area contributed by atoms with E-state index in [0.29, 0.717) is 16.2 Å². The number of fused-ring (bicyclic) bond motifs is 1. The van der Waals surface area contributed by atoms with Crippen LogP contribution in [0.3, 0.4) is 0 Å². The number of esters is 1. The first-order valence-electron chi connectivity index (χ1n) is 8.16. The molecule has 2 aromatic carbocycles.